The molecule has 0 unspecified atom stereocenters. The van der Waals surface area contributed by atoms with Crippen LogP contribution < -0.4 is 4.90 Å². The summed E-state index contributed by atoms with van der Waals surface area (Å²) in [6.45, 7) is 6.34. The lowest BCUT2D eigenvalue weighted by molar-refractivity contribution is -0.149. The van der Waals surface area contributed by atoms with Crippen LogP contribution in [0.15, 0.2) is 18.3 Å². The van der Waals surface area contributed by atoms with E-state index in [0.717, 1.165) is 18.4 Å². The third-order valence-electron chi connectivity index (χ3n) is 4.54. The highest BCUT2D eigenvalue weighted by Crippen LogP contribution is 2.34. The summed E-state index contributed by atoms with van der Waals surface area (Å²) in [4.78, 5) is 30.0. The zero-order valence-corrected chi connectivity index (χ0v) is 15.3. The number of amides is 1. The van der Waals surface area contributed by atoms with Gasteiger partial charge in [-0.05, 0) is 61.8 Å². The van der Waals surface area contributed by atoms with Gasteiger partial charge < -0.3 is 4.74 Å². The fourth-order valence-electron chi connectivity index (χ4n) is 3.29. The van der Waals surface area contributed by atoms with Crippen LogP contribution in [-0.2, 0) is 9.53 Å². The second-order valence-corrected chi connectivity index (χ2v) is 6.77. The molecule has 1 aliphatic rings. The van der Waals surface area contributed by atoms with Crippen molar-refractivity contribution in [1.82, 2.24) is 4.98 Å². The highest BCUT2D eigenvalue weighted by atomic mass is 35.5. The van der Waals surface area contributed by atoms with Gasteiger partial charge in [-0.25, -0.2) is 4.98 Å². The number of pyridine rings is 1. The molecule has 2 rings (SSSR count). The molecule has 24 heavy (non-hydrogen) atoms. The molecule has 1 amide bonds. The van der Waals surface area contributed by atoms with E-state index >= 15 is 0 Å². The number of rotatable bonds is 5. The van der Waals surface area contributed by atoms with E-state index in [0.29, 0.717) is 25.3 Å². The standard InChI is InChI=1S/C18H25ClN2O3/c1-4-24-17(22)13-7-9-14(10-8-13)21(18(19)23)16-15(12(2)3)6-5-11-20-16/h5-6,11-14H,4,7-10H2,1-3H3. The van der Waals surface area contributed by atoms with Crippen molar-refractivity contribution in [2.45, 2.75) is 58.4 Å². The minimum atomic E-state index is -0.518. The van der Waals surface area contributed by atoms with Gasteiger partial charge in [0.15, 0.2) is 0 Å². The second-order valence-electron chi connectivity index (χ2n) is 6.45. The van der Waals surface area contributed by atoms with Gasteiger partial charge in [0.25, 0.3) is 0 Å². The minimum Gasteiger partial charge on any atom is -0.466 e. The molecule has 0 atom stereocenters. The lowest BCUT2D eigenvalue weighted by Crippen LogP contribution is -2.42. The number of hydrogen-bond donors (Lipinski definition) is 0. The second kappa shape index (κ2) is 8.47. The van der Waals surface area contributed by atoms with Gasteiger partial charge in [0.2, 0.25) is 0 Å². The Hall–Kier alpha value is -1.62. The average molecular weight is 353 g/mol. The van der Waals surface area contributed by atoms with Gasteiger partial charge >= 0.3 is 11.3 Å². The first-order valence-corrected chi connectivity index (χ1v) is 8.93. The Morgan fingerprint density at radius 2 is 2.00 bits per heavy atom. The summed E-state index contributed by atoms with van der Waals surface area (Å²) in [5.74, 6) is 0.650. The molecule has 1 heterocycles. The van der Waals surface area contributed by atoms with Crippen LogP contribution in [0.2, 0.25) is 0 Å². The van der Waals surface area contributed by atoms with E-state index in [2.05, 4.69) is 18.8 Å². The van der Waals surface area contributed by atoms with Crippen LogP contribution in [0.3, 0.4) is 0 Å². The molecule has 1 fully saturated rings. The van der Waals surface area contributed by atoms with E-state index in [1.54, 1.807) is 11.1 Å². The van der Waals surface area contributed by atoms with Gasteiger partial charge in [0, 0.05) is 12.2 Å². The van der Waals surface area contributed by atoms with Crippen LogP contribution in [-0.4, -0.2) is 29.0 Å². The van der Waals surface area contributed by atoms with Crippen molar-refractivity contribution in [2.24, 2.45) is 5.92 Å². The van der Waals surface area contributed by atoms with Crippen LogP contribution in [0.4, 0.5) is 10.6 Å². The smallest absolute Gasteiger partial charge is 0.322 e. The summed E-state index contributed by atoms with van der Waals surface area (Å²) >= 11 is 5.89. The summed E-state index contributed by atoms with van der Waals surface area (Å²) in [5, 5.41) is -0.518. The zero-order valence-electron chi connectivity index (χ0n) is 14.5. The first kappa shape index (κ1) is 18.7. The molecule has 6 heteroatoms. The molecule has 0 saturated heterocycles. The van der Waals surface area contributed by atoms with E-state index in [-0.39, 0.29) is 23.8 Å². The molecule has 5 nitrogen and oxygen atoms in total. The summed E-state index contributed by atoms with van der Waals surface area (Å²) in [6, 6.07) is 3.81. The van der Waals surface area contributed by atoms with Crippen LogP contribution in [0.5, 0.6) is 0 Å². The maximum Gasteiger partial charge on any atom is 0.322 e. The highest BCUT2D eigenvalue weighted by Gasteiger charge is 2.34. The number of nitrogens with zero attached hydrogens (tertiary/aromatic N) is 2. The summed E-state index contributed by atoms with van der Waals surface area (Å²) in [6.07, 6.45) is 4.52. The fourth-order valence-corrected chi connectivity index (χ4v) is 3.51. The normalized spacial score (nSPS) is 20.7. The fraction of sp³-hybridized carbons (Fsp3) is 0.611. The Morgan fingerprint density at radius 1 is 1.33 bits per heavy atom. The van der Waals surface area contributed by atoms with Crippen LogP contribution in [0, 0.1) is 5.92 Å². The number of carbonyl (C=O) groups is 2. The molecular weight excluding hydrogens is 328 g/mol. The topological polar surface area (TPSA) is 59.5 Å². The van der Waals surface area contributed by atoms with Crippen molar-refractivity contribution in [3.05, 3.63) is 23.9 Å². The largest absolute Gasteiger partial charge is 0.466 e. The molecule has 0 radical (unpaired) electrons. The molecule has 0 aliphatic heterocycles. The third kappa shape index (κ3) is 4.26. The number of carbonyl (C=O) groups excluding carboxylic acids is 2. The molecule has 0 bridgehead atoms. The molecule has 1 aliphatic carbocycles. The van der Waals surface area contributed by atoms with Gasteiger partial charge in [-0.2, -0.15) is 0 Å². The molecule has 0 N–H and O–H groups in total. The number of aromatic nitrogens is 1. The maximum atomic E-state index is 12.1. The lowest BCUT2D eigenvalue weighted by Gasteiger charge is -2.35. The first-order valence-electron chi connectivity index (χ1n) is 8.55. The van der Waals surface area contributed by atoms with Crippen molar-refractivity contribution in [1.29, 1.82) is 0 Å². The van der Waals surface area contributed by atoms with E-state index in [4.69, 9.17) is 16.3 Å². The van der Waals surface area contributed by atoms with Gasteiger partial charge in [0.05, 0.1) is 12.5 Å². The van der Waals surface area contributed by atoms with E-state index < -0.39 is 5.37 Å². The Balaban J connectivity index is 2.16. The maximum absolute atomic E-state index is 12.1. The number of esters is 1. The first-order chi connectivity index (χ1) is 11.5. The molecule has 1 saturated carbocycles. The Bertz CT molecular complexity index is 583. The van der Waals surface area contributed by atoms with Crippen molar-refractivity contribution in [3.63, 3.8) is 0 Å². The molecule has 1 aromatic heterocycles. The highest BCUT2D eigenvalue weighted by molar-refractivity contribution is 6.66. The van der Waals surface area contributed by atoms with Crippen LogP contribution in [0.1, 0.15) is 57.9 Å². The van der Waals surface area contributed by atoms with Gasteiger partial charge in [-0.15, -0.1) is 0 Å². The van der Waals surface area contributed by atoms with E-state index in [9.17, 15) is 9.59 Å². The van der Waals surface area contributed by atoms with Gasteiger partial charge in [-0.3, -0.25) is 14.5 Å². The predicted molar refractivity (Wildman–Crippen MR) is 94.4 cm³/mol. The van der Waals surface area contributed by atoms with Crippen molar-refractivity contribution < 1.29 is 14.3 Å². The Kier molecular flexibility index (Phi) is 6.60. The quantitative estimate of drug-likeness (QED) is 0.445. The molecule has 1 aromatic rings. The minimum absolute atomic E-state index is 0.0342. The number of halogens is 1. The van der Waals surface area contributed by atoms with Gasteiger partial charge in [-0.1, -0.05) is 19.9 Å². The molecular formula is C18H25ClN2O3. The summed E-state index contributed by atoms with van der Waals surface area (Å²) in [7, 11) is 0. The van der Waals surface area contributed by atoms with Crippen molar-refractivity contribution in [3.8, 4) is 0 Å². The predicted octanol–water partition coefficient (Wildman–Crippen LogP) is 4.49. The molecule has 0 aromatic carbocycles. The SMILES string of the molecule is CCOC(=O)C1CCC(N(C(=O)Cl)c2ncccc2C(C)C)CC1. The zero-order chi connectivity index (χ0) is 17.7. The average Bonchev–Trinajstić information content (AvgIpc) is 2.56. The molecule has 0 spiro atoms. The van der Waals surface area contributed by atoms with Gasteiger partial charge in [0.1, 0.15) is 5.82 Å². The van der Waals surface area contributed by atoms with Crippen molar-refractivity contribution in [2.75, 3.05) is 11.5 Å². The number of anilines is 1. The summed E-state index contributed by atoms with van der Waals surface area (Å²) in [5.41, 5.74) is 0.999. The van der Waals surface area contributed by atoms with E-state index in [1.807, 2.05) is 19.1 Å². The third-order valence-corrected chi connectivity index (χ3v) is 4.72. The monoisotopic (exact) mass is 352 g/mol. The van der Waals surface area contributed by atoms with E-state index in [1.165, 1.54) is 0 Å². The van der Waals surface area contributed by atoms with Crippen molar-refractivity contribution >= 4 is 28.8 Å². The molecule has 132 valence electrons. The van der Waals surface area contributed by atoms with Crippen LogP contribution in [0.25, 0.3) is 0 Å². The van der Waals surface area contributed by atoms with Crippen LogP contribution >= 0.6 is 11.6 Å². The summed E-state index contributed by atoms with van der Waals surface area (Å²) < 4.78 is 5.10. The number of ether oxygens (including phenoxy) is 1. The Morgan fingerprint density at radius 3 is 2.54 bits per heavy atom. The lowest BCUT2D eigenvalue weighted by atomic mass is 9.85. The number of hydrogen-bond acceptors (Lipinski definition) is 4. The Labute approximate surface area is 148 Å².